The normalized spacial score (nSPS) is 17.7. The molecule has 0 aliphatic carbocycles. The maximum Gasteiger partial charge on any atom is 0.490 e. The monoisotopic (exact) mass is 601 g/mol. The minimum Gasteiger partial charge on any atom is -0.508 e. The average Bonchev–Trinajstić information content (AvgIpc) is 3.49. The number of nitrogens with one attached hydrogen (secondary N) is 1. The summed E-state index contributed by atoms with van der Waals surface area (Å²) in [6, 6.07) is 12.1. The quantitative estimate of drug-likeness (QED) is 0.268. The van der Waals surface area contributed by atoms with E-state index in [0.29, 0.717) is 11.8 Å². The Bertz CT molecular complexity index is 1560. The number of piperidine rings is 2. The Hall–Kier alpha value is -3.78. The van der Waals surface area contributed by atoms with Gasteiger partial charge in [-0.3, -0.25) is 5.10 Å². The molecular formula is C30H34F3N5O5. The van der Waals surface area contributed by atoms with Crippen molar-refractivity contribution in [1.29, 1.82) is 0 Å². The fourth-order valence-electron chi connectivity index (χ4n) is 6.03. The number of phenolic OH excluding ortho intramolecular Hbond substituents is 1. The zero-order valence-corrected chi connectivity index (χ0v) is 23.9. The minimum absolute atomic E-state index is 0.251. The Morgan fingerprint density at radius 1 is 0.884 bits per heavy atom. The summed E-state index contributed by atoms with van der Waals surface area (Å²) in [6.45, 7) is 3.75. The number of aromatic nitrogens is 3. The Morgan fingerprint density at radius 3 is 1.84 bits per heavy atom. The lowest BCUT2D eigenvalue weighted by Gasteiger charge is -2.35. The summed E-state index contributed by atoms with van der Waals surface area (Å²) in [5, 5.41) is 31.9. The number of phenols is 1. The number of fused-ring (bicyclic) bond motifs is 3. The summed E-state index contributed by atoms with van der Waals surface area (Å²) in [5.74, 6) is -1.54. The highest BCUT2D eigenvalue weighted by Gasteiger charge is 2.38. The van der Waals surface area contributed by atoms with Crippen LogP contribution in [0.25, 0.3) is 33.1 Å². The number of benzene rings is 2. The number of carbonyl (C=O) groups is 1. The molecule has 0 spiro atoms. The van der Waals surface area contributed by atoms with Crippen molar-refractivity contribution in [1.82, 2.24) is 25.3 Å². The first-order chi connectivity index (χ1) is 20.6. The van der Waals surface area contributed by atoms with Gasteiger partial charge in [0.05, 0.1) is 26.1 Å². The summed E-state index contributed by atoms with van der Waals surface area (Å²) in [5.41, 5.74) is 5.58. The largest absolute Gasteiger partial charge is 0.508 e. The molecule has 13 heteroatoms. The Morgan fingerprint density at radius 2 is 1.37 bits per heavy atom. The van der Waals surface area contributed by atoms with Crippen molar-refractivity contribution in [3.05, 3.63) is 53.7 Å². The van der Waals surface area contributed by atoms with Crippen LogP contribution in [0.15, 0.2) is 42.6 Å². The van der Waals surface area contributed by atoms with Crippen LogP contribution in [0.2, 0.25) is 0 Å². The SMILES string of the molecule is CON1CCC(c2cc3c(-c4ccc(O)cc4)nc4[nH]ncc4c3cc2C2CCN(OC)CC2)CC1.O=C(O)C(F)(F)F. The Labute approximate surface area is 245 Å². The third-order valence-electron chi connectivity index (χ3n) is 8.30. The molecule has 43 heavy (non-hydrogen) atoms. The Balaban J connectivity index is 0.000000472. The fourth-order valence-corrected chi connectivity index (χ4v) is 6.03. The predicted molar refractivity (Wildman–Crippen MR) is 153 cm³/mol. The van der Waals surface area contributed by atoms with E-state index in [1.54, 1.807) is 26.4 Å². The highest BCUT2D eigenvalue weighted by molar-refractivity contribution is 6.10. The molecule has 4 aromatic rings. The molecule has 2 aliphatic heterocycles. The van der Waals surface area contributed by atoms with Gasteiger partial charge in [-0.05, 0) is 90.4 Å². The molecule has 0 saturated carbocycles. The van der Waals surface area contributed by atoms with Gasteiger partial charge in [0.1, 0.15) is 5.75 Å². The standard InChI is InChI=1S/C28H33N5O3.C2HF3O2/c1-35-32-11-7-18(8-12-32)22-15-24-25(16-23(22)19-9-13-33(36-2)14-10-19)27(20-3-5-21(34)6-4-20)30-28-26(24)17-29-31-28;3-2(4,5)1(6)7/h3-6,15-19,34H,7-14H2,1-2H3,(H,29,30,31);(H,6,7). The highest BCUT2D eigenvalue weighted by atomic mass is 19.4. The summed E-state index contributed by atoms with van der Waals surface area (Å²) >= 11 is 0. The molecule has 0 atom stereocenters. The first-order valence-electron chi connectivity index (χ1n) is 14.1. The van der Waals surface area contributed by atoms with E-state index in [-0.39, 0.29) is 5.75 Å². The Kier molecular flexibility index (Phi) is 9.16. The van der Waals surface area contributed by atoms with E-state index in [1.807, 2.05) is 18.3 Å². The number of H-pyrrole nitrogens is 1. The number of alkyl halides is 3. The van der Waals surface area contributed by atoms with Crippen LogP contribution in [-0.4, -0.2) is 88.1 Å². The zero-order chi connectivity index (χ0) is 30.7. The molecule has 2 aromatic carbocycles. The fraction of sp³-hybridized carbons (Fsp3) is 0.433. The second-order valence-electron chi connectivity index (χ2n) is 10.7. The van der Waals surface area contributed by atoms with E-state index in [9.17, 15) is 18.3 Å². The molecule has 2 fully saturated rings. The molecular weight excluding hydrogens is 567 g/mol. The summed E-state index contributed by atoms with van der Waals surface area (Å²) < 4.78 is 31.7. The van der Waals surface area contributed by atoms with Gasteiger partial charge < -0.3 is 19.9 Å². The number of aliphatic carboxylic acids is 1. The lowest BCUT2D eigenvalue weighted by atomic mass is 9.78. The predicted octanol–water partition coefficient (Wildman–Crippen LogP) is 5.60. The van der Waals surface area contributed by atoms with Gasteiger partial charge in [0.2, 0.25) is 0 Å². The molecule has 2 aliphatic rings. The molecule has 0 unspecified atom stereocenters. The third kappa shape index (κ3) is 6.74. The van der Waals surface area contributed by atoms with Gasteiger partial charge in [-0.25, -0.2) is 9.78 Å². The van der Waals surface area contributed by atoms with Crippen molar-refractivity contribution in [2.45, 2.75) is 43.7 Å². The number of carboxylic acid groups (broad SMARTS) is 1. The second-order valence-corrected chi connectivity index (χ2v) is 10.7. The van der Waals surface area contributed by atoms with Gasteiger partial charge in [0, 0.05) is 42.5 Å². The molecule has 4 heterocycles. The van der Waals surface area contributed by atoms with E-state index in [4.69, 9.17) is 24.6 Å². The van der Waals surface area contributed by atoms with Crippen molar-refractivity contribution in [2.24, 2.45) is 0 Å². The van der Waals surface area contributed by atoms with Crippen LogP contribution >= 0.6 is 0 Å². The second kappa shape index (κ2) is 12.8. The minimum atomic E-state index is -5.08. The van der Waals surface area contributed by atoms with Crippen molar-refractivity contribution < 1.29 is 37.9 Å². The molecule has 230 valence electrons. The van der Waals surface area contributed by atoms with Gasteiger partial charge >= 0.3 is 12.1 Å². The molecule has 0 amide bonds. The van der Waals surface area contributed by atoms with Gasteiger partial charge in [-0.1, -0.05) is 0 Å². The molecule has 2 saturated heterocycles. The number of rotatable bonds is 5. The lowest BCUT2D eigenvalue weighted by Crippen LogP contribution is -2.34. The van der Waals surface area contributed by atoms with E-state index < -0.39 is 12.1 Å². The molecule has 3 N–H and O–H groups in total. The summed E-state index contributed by atoms with van der Waals surface area (Å²) in [6.07, 6.45) is 1.10. The van der Waals surface area contributed by atoms with E-state index in [2.05, 4.69) is 32.5 Å². The van der Waals surface area contributed by atoms with Crippen LogP contribution in [0.3, 0.4) is 0 Å². The molecule has 0 bridgehead atoms. The van der Waals surface area contributed by atoms with Crippen LogP contribution in [0.4, 0.5) is 13.2 Å². The maximum absolute atomic E-state index is 10.6. The lowest BCUT2D eigenvalue weighted by molar-refractivity contribution is -0.192. The number of hydroxylamine groups is 4. The molecule has 2 aromatic heterocycles. The van der Waals surface area contributed by atoms with Gasteiger partial charge in [0.25, 0.3) is 0 Å². The van der Waals surface area contributed by atoms with Gasteiger partial charge in [0.15, 0.2) is 5.65 Å². The average molecular weight is 602 g/mol. The highest BCUT2D eigenvalue weighted by Crippen LogP contribution is 2.42. The van der Waals surface area contributed by atoms with Crippen molar-refractivity contribution in [3.8, 4) is 17.0 Å². The number of hydrogen-bond donors (Lipinski definition) is 3. The number of halogens is 3. The topological polar surface area (TPSA) is 124 Å². The number of nitrogens with zero attached hydrogens (tertiary/aromatic N) is 4. The van der Waals surface area contributed by atoms with Gasteiger partial charge in [-0.2, -0.15) is 28.4 Å². The first kappa shape index (κ1) is 30.7. The first-order valence-corrected chi connectivity index (χ1v) is 14.1. The van der Waals surface area contributed by atoms with E-state index in [0.717, 1.165) is 79.5 Å². The summed E-state index contributed by atoms with van der Waals surface area (Å²) in [4.78, 5) is 24.9. The molecule has 0 radical (unpaired) electrons. The van der Waals surface area contributed by atoms with Crippen LogP contribution in [0.5, 0.6) is 5.75 Å². The van der Waals surface area contributed by atoms with Crippen molar-refractivity contribution in [3.63, 3.8) is 0 Å². The number of aromatic amines is 1. The zero-order valence-electron chi connectivity index (χ0n) is 23.9. The number of carboxylic acids is 1. The maximum atomic E-state index is 10.6. The van der Waals surface area contributed by atoms with E-state index >= 15 is 0 Å². The van der Waals surface area contributed by atoms with Crippen molar-refractivity contribution in [2.75, 3.05) is 40.4 Å². The number of aromatic hydroxyl groups is 1. The van der Waals surface area contributed by atoms with Crippen LogP contribution in [0, 0.1) is 0 Å². The molecule has 10 nitrogen and oxygen atoms in total. The third-order valence-corrected chi connectivity index (χ3v) is 8.30. The van der Waals surface area contributed by atoms with Gasteiger partial charge in [-0.15, -0.1) is 0 Å². The summed E-state index contributed by atoms with van der Waals surface area (Å²) in [7, 11) is 3.52. The van der Waals surface area contributed by atoms with Crippen LogP contribution in [-0.2, 0) is 14.5 Å². The van der Waals surface area contributed by atoms with Crippen LogP contribution in [0.1, 0.15) is 48.6 Å². The van der Waals surface area contributed by atoms with Crippen molar-refractivity contribution >= 4 is 27.8 Å². The number of pyridine rings is 1. The van der Waals surface area contributed by atoms with E-state index in [1.165, 1.54) is 16.5 Å². The molecule has 6 rings (SSSR count). The smallest absolute Gasteiger partial charge is 0.490 e. The number of hydrogen-bond acceptors (Lipinski definition) is 8. The van der Waals surface area contributed by atoms with Crippen LogP contribution < -0.4 is 0 Å².